The molecule has 1 aromatic heterocycles. The Balaban J connectivity index is 1.83. The van der Waals surface area contributed by atoms with Crippen molar-refractivity contribution in [3.8, 4) is 0 Å². The van der Waals surface area contributed by atoms with E-state index in [1.807, 2.05) is 25.2 Å². The van der Waals surface area contributed by atoms with Crippen molar-refractivity contribution < 1.29 is 9.90 Å². The van der Waals surface area contributed by atoms with E-state index >= 15 is 0 Å². The van der Waals surface area contributed by atoms with Crippen molar-refractivity contribution in [1.82, 2.24) is 4.98 Å². The highest BCUT2D eigenvalue weighted by molar-refractivity contribution is 5.70. The second-order valence-electron chi connectivity index (χ2n) is 5.12. The van der Waals surface area contributed by atoms with Crippen LogP contribution in [0, 0.1) is 11.8 Å². The molecular formula is C14H20N2O2. The molecule has 1 aromatic rings. The second-order valence-corrected chi connectivity index (χ2v) is 5.12. The zero-order valence-corrected chi connectivity index (χ0v) is 10.7. The third-order valence-corrected chi connectivity index (χ3v) is 3.77. The van der Waals surface area contributed by atoms with Crippen LogP contribution in [0.2, 0.25) is 0 Å². The van der Waals surface area contributed by atoms with E-state index in [0.717, 1.165) is 38.0 Å². The van der Waals surface area contributed by atoms with Gasteiger partial charge in [-0.15, -0.1) is 0 Å². The standard InChI is InChI=1S/C14H20N2O2/c1-16(13-4-2-3-9-15-13)10-11-5-7-12(8-6-11)14(17)18/h2-4,9,11-12H,5-8,10H2,1H3,(H,17,18). The zero-order chi connectivity index (χ0) is 13.0. The lowest BCUT2D eigenvalue weighted by Gasteiger charge is -2.30. The van der Waals surface area contributed by atoms with Crippen molar-refractivity contribution >= 4 is 11.8 Å². The maximum Gasteiger partial charge on any atom is 0.306 e. The van der Waals surface area contributed by atoms with Crippen LogP contribution in [0.1, 0.15) is 25.7 Å². The van der Waals surface area contributed by atoms with Gasteiger partial charge in [-0.1, -0.05) is 6.07 Å². The van der Waals surface area contributed by atoms with E-state index in [4.69, 9.17) is 5.11 Å². The normalized spacial score (nSPS) is 23.6. The first-order chi connectivity index (χ1) is 8.66. The fourth-order valence-electron chi connectivity index (χ4n) is 2.65. The van der Waals surface area contributed by atoms with Gasteiger partial charge in [0.15, 0.2) is 0 Å². The molecule has 0 aromatic carbocycles. The molecule has 1 aliphatic rings. The molecule has 0 spiro atoms. The van der Waals surface area contributed by atoms with Crippen molar-refractivity contribution in [2.45, 2.75) is 25.7 Å². The van der Waals surface area contributed by atoms with E-state index in [1.54, 1.807) is 6.20 Å². The molecule has 1 saturated carbocycles. The number of hydrogen-bond acceptors (Lipinski definition) is 3. The Labute approximate surface area is 108 Å². The summed E-state index contributed by atoms with van der Waals surface area (Å²) in [5, 5.41) is 8.96. The molecule has 18 heavy (non-hydrogen) atoms. The first-order valence-corrected chi connectivity index (χ1v) is 6.52. The van der Waals surface area contributed by atoms with Gasteiger partial charge in [-0.25, -0.2) is 4.98 Å². The summed E-state index contributed by atoms with van der Waals surface area (Å²) in [7, 11) is 2.05. The third-order valence-electron chi connectivity index (χ3n) is 3.77. The predicted molar refractivity (Wildman–Crippen MR) is 70.6 cm³/mol. The van der Waals surface area contributed by atoms with Gasteiger partial charge in [-0.05, 0) is 43.7 Å². The molecule has 4 heteroatoms. The molecule has 0 saturated heterocycles. The van der Waals surface area contributed by atoms with Crippen molar-refractivity contribution in [3.63, 3.8) is 0 Å². The number of aromatic nitrogens is 1. The Kier molecular flexibility index (Phi) is 4.18. The van der Waals surface area contributed by atoms with Gasteiger partial charge in [0.05, 0.1) is 5.92 Å². The molecule has 1 fully saturated rings. The number of rotatable bonds is 4. The number of nitrogens with zero attached hydrogens (tertiary/aromatic N) is 2. The lowest BCUT2D eigenvalue weighted by atomic mass is 9.82. The Morgan fingerprint density at radius 1 is 1.39 bits per heavy atom. The zero-order valence-electron chi connectivity index (χ0n) is 10.7. The first kappa shape index (κ1) is 12.9. The molecular weight excluding hydrogens is 228 g/mol. The lowest BCUT2D eigenvalue weighted by Crippen LogP contribution is -2.30. The van der Waals surface area contributed by atoms with Crippen LogP contribution >= 0.6 is 0 Å². The molecule has 1 aliphatic carbocycles. The predicted octanol–water partition coefficient (Wildman–Crippen LogP) is 2.41. The lowest BCUT2D eigenvalue weighted by molar-refractivity contribution is -0.143. The summed E-state index contributed by atoms with van der Waals surface area (Å²) in [6, 6.07) is 5.90. The van der Waals surface area contributed by atoms with Gasteiger partial charge >= 0.3 is 5.97 Å². The second kappa shape index (κ2) is 5.85. The summed E-state index contributed by atoms with van der Waals surface area (Å²) >= 11 is 0. The molecule has 1 N–H and O–H groups in total. The Morgan fingerprint density at radius 2 is 2.11 bits per heavy atom. The molecule has 0 atom stereocenters. The van der Waals surface area contributed by atoms with Crippen LogP contribution in [0.4, 0.5) is 5.82 Å². The molecule has 0 radical (unpaired) electrons. The largest absolute Gasteiger partial charge is 0.481 e. The average molecular weight is 248 g/mol. The van der Waals surface area contributed by atoms with Gasteiger partial charge in [0, 0.05) is 19.8 Å². The van der Waals surface area contributed by atoms with Gasteiger partial charge in [0.1, 0.15) is 5.82 Å². The van der Waals surface area contributed by atoms with Crippen molar-refractivity contribution in [2.24, 2.45) is 11.8 Å². The summed E-state index contributed by atoms with van der Waals surface area (Å²) in [5.74, 6) is 0.818. The van der Waals surface area contributed by atoms with Gasteiger partial charge in [-0.3, -0.25) is 4.79 Å². The Morgan fingerprint density at radius 3 is 2.67 bits per heavy atom. The summed E-state index contributed by atoms with van der Waals surface area (Å²) < 4.78 is 0. The molecule has 0 bridgehead atoms. The van der Waals surface area contributed by atoms with Crippen LogP contribution < -0.4 is 4.90 Å². The minimum Gasteiger partial charge on any atom is -0.481 e. The molecule has 98 valence electrons. The summed E-state index contributed by atoms with van der Waals surface area (Å²) in [6.45, 7) is 0.962. The van der Waals surface area contributed by atoms with Crippen LogP contribution in [0.3, 0.4) is 0 Å². The first-order valence-electron chi connectivity index (χ1n) is 6.52. The van der Waals surface area contributed by atoms with Crippen molar-refractivity contribution in [2.75, 3.05) is 18.5 Å². The highest BCUT2D eigenvalue weighted by Gasteiger charge is 2.26. The van der Waals surface area contributed by atoms with Gasteiger partial charge in [0.25, 0.3) is 0 Å². The smallest absolute Gasteiger partial charge is 0.306 e. The number of hydrogen-bond donors (Lipinski definition) is 1. The van der Waals surface area contributed by atoms with Crippen LogP contribution in [-0.4, -0.2) is 29.7 Å². The summed E-state index contributed by atoms with van der Waals surface area (Å²) in [5.41, 5.74) is 0. The fourth-order valence-corrected chi connectivity index (χ4v) is 2.65. The Bertz CT molecular complexity index is 386. The Hall–Kier alpha value is -1.58. The molecule has 0 unspecified atom stereocenters. The number of pyridine rings is 1. The third kappa shape index (κ3) is 3.22. The van der Waals surface area contributed by atoms with Crippen LogP contribution in [0.25, 0.3) is 0 Å². The van der Waals surface area contributed by atoms with Gasteiger partial charge < -0.3 is 10.0 Å². The maximum absolute atomic E-state index is 10.9. The molecule has 2 rings (SSSR count). The van der Waals surface area contributed by atoms with E-state index in [9.17, 15) is 4.79 Å². The summed E-state index contributed by atoms with van der Waals surface area (Å²) in [4.78, 5) is 17.4. The number of carboxylic acids is 1. The van der Waals surface area contributed by atoms with Crippen LogP contribution in [0.15, 0.2) is 24.4 Å². The van der Waals surface area contributed by atoms with E-state index in [2.05, 4.69) is 9.88 Å². The van der Waals surface area contributed by atoms with Crippen molar-refractivity contribution in [3.05, 3.63) is 24.4 Å². The molecule has 1 heterocycles. The summed E-state index contributed by atoms with van der Waals surface area (Å²) in [6.07, 6.45) is 5.45. The topological polar surface area (TPSA) is 53.4 Å². The van der Waals surface area contributed by atoms with Crippen LogP contribution in [-0.2, 0) is 4.79 Å². The number of anilines is 1. The van der Waals surface area contributed by atoms with Crippen molar-refractivity contribution in [1.29, 1.82) is 0 Å². The van der Waals surface area contributed by atoms with Gasteiger partial charge in [-0.2, -0.15) is 0 Å². The molecule has 0 aliphatic heterocycles. The molecule has 4 nitrogen and oxygen atoms in total. The number of carboxylic acid groups (broad SMARTS) is 1. The highest BCUT2D eigenvalue weighted by Crippen LogP contribution is 2.29. The highest BCUT2D eigenvalue weighted by atomic mass is 16.4. The SMILES string of the molecule is CN(CC1CCC(C(=O)O)CC1)c1ccccn1. The fraction of sp³-hybridized carbons (Fsp3) is 0.571. The minimum absolute atomic E-state index is 0.124. The number of carbonyl (C=O) groups is 1. The van der Waals surface area contributed by atoms with Crippen LogP contribution in [0.5, 0.6) is 0 Å². The molecule has 0 amide bonds. The minimum atomic E-state index is -0.633. The quantitative estimate of drug-likeness (QED) is 0.889. The van der Waals surface area contributed by atoms with Gasteiger partial charge in [0.2, 0.25) is 0 Å². The average Bonchev–Trinajstić information content (AvgIpc) is 2.40. The monoisotopic (exact) mass is 248 g/mol. The van der Waals surface area contributed by atoms with E-state index in [-0.39, 0.29) is 5.92 Å². The maximum atomic E-state index is 10.9. The van der Waals surface area contributed by atoms with E-state index in [0.29, 0.717) is 5.92 Å². The van der Waals surface area contributed by atoms with E-state index in [1.165, 1.54) is 0 Å². The number of aliphatic carboxylic acids is 1. The van der Waals surface area contributed by atoms with E-state index < -0.39 is 5.97 Å².